The minimum Gasteiger partial charge on any atom is -0.478 e. The van der Waals surface area contributed by atoms with E-state index >= 15 is 0 Å². The minimum atomic E-state index is -4.75. The SMILES string of the molecule is O=C1NC(=O)N(c2cc(C(F)(F)F)ccc2Cl)C(=O)/C1=C\c1ccc(C(=O)O)cc1. The Labute approximate surface area is 171 Å². The molecule has 7 nitrogen and oxygen atoms in total. The zero-order valence-corrected chi connectivity index (χ0v) is 15.4. The largest absolute Gasteiger partial charge is 0.478 e. The van der Waals surface area contributed by atoms with Gasteiger partial charge >= 0.3 is 18.2 Å². The molecule has 11 heteroatoms. The highest BCUT2D eigenvalue weighted by atomic mass is 35.5. The van der Waals surface area contributed by atoms with Crippen LogP contribution in [0, 0.1) is 0 Å². The van der Waals surface area contributed by atoms with Gasteiger partial charge in [-0.25, -0.2) is 14.5 Å². The van der Waals surface area contributed by atoms with Gasteiger partial charge < -0.3 is 5.11 Å². The van der Waals surface area contributed by atoms with Crippen LogP contribution in [0.25, 0.3) is 6.08 Å². The summed E-state index contributed by atoms with van der Waals surface area (Å²) in [4.78, 5) is 48.3. The number of urea groups is 1. The normalized spacial score (nSPS) is 16.1. The molecule has 2 aromatic carbocycles. The van der Waals surface area contributed by atoms with Gasteiger partial charge in [0.05, 0.1) is 21.8 Å². The van der Waals surface area contributed by atoms with E-state index < -0.39 is 46.8 Å². The standard InChI is InChI=1S/C19H10ClF3N2O5/c20-13-6-5-11(19(21,22)23)8-14(13)25-16(27)12(15(26)24-18(25)30)7-9-1-3-10(4-2-9)17(28)29/h1-8H,(H,28,29)(H,24,26,30)/b12-7-. The fourth-order valence-electron chi connectivity index (χ4n) is 2.63. The highest BCUT2D eigenvalue weighted by Crippen LogP contribution is 2.36. The fraction of sp³-hybridized carbons (Fsp3) is 0.0526. The first kappa shape index (κ1) is 21.1. The van der Waals surface area contributed by atoms with Gasteiger partial charge in [0.1, 0.15) is 5.57 Å². The maximum Gasteiger partial charge on any atom is 0.416 e. The monoisotopic (exact) mass is 438 g/mol. The zero-order valence-electron chi connectivity index (χ0n) is 14.7. The Morgan fingerprint density at radius 3 is 2.27 bits per heavy atom. The van der Waals surface area contributed by atoms with Crippen LogP contribution in [-0.2, 0) is 15.8 Å². The van der Waals surface area contributed by atoms with E-state index in [9.17, 15) is 32.3 Å². The molecule has 0 aromatic heterocycles. The number of nitrogens with zero attached hydrogens (tertiary/aromatic N) is 1. The molecule has 0 radical (unpaired) electrons. The quantitative estimate of drug-likeness (QED) is 0.561. The van der Waals surface area contributed by atoms with Crippen LogP contribution in [0.2, 0.25) is 5.02 Å². The molecule has 1 saturated heterocycles. The Kier molecular flexibility index (Phi) is 5.36. The molecule has 3 rings (SSSR count). The number of aromatic carboxylic acids is 1. The van der Waals surface area contributed by atoms with Crippen LogP contribution in [0.3, 0.4) is 0 Å². The second kappa shape index (κ2) is 7.64. The number of rotatable bonds is 3. The molecule has 0 aliphatic carbocycles. The van der Waals surface area contributed by atoms with Gasteiger partial charge in [0.15, 0.2) is 0 Å². The first-order valence-electron chi connectivity index (χ1n) is 8.10. The van der Waals surface area contributed by atoms with Crippen molar-refractivity contribution in [1.29, 1.82) is 0 Å². The predicted molar refractivity (Wildman–Crippen MR) is 98.9 cm³/mol. The van der Waals surface area contributed by atoms with Crippen LogP contribution >= 0.6 is 11.6 Å². The second-order valence-electron chi connectivity index (χ2n) is 6.05. The van der Waals surface area contributed by atoms with E-state index in [4.69, 9.17) is 16.7 Å². The molecule has 1 aliphatic heterocycles. The van der Waals surface area contributed by atoms with Gasteiger partial charge in [0.25, 0.3) is 11.8 Å². The highest BCUT2D eigenvalue weighted by Gasteiger charge is 2.39. The smallest absolute Gasteiger partial charge is 0.416 e. The van der Waals surface area contributed by atoms with Crippen LogP contribution in [0.4, 0.5) is 23.7 Å². The van der Waals surface area contributed by atoms with Gasteiger partial charge in [-0.05, 0) is 42.0 Å². The molecular weight excluding hydrogens is 429 g/mol. The van der Waals surface area contributed by atoms with Crippen LogP contribution in [-0.4, -0.2) is 28.9 Å². The fourth-order valence-corrected chi connectivity index (χ4v) is 2.83. The summed E-state index contributed by atoms with van der Waals surface area (Å²) in [5, 5.41) is 10.5. The van der Waals surface area contributed by atoms with E-state index in [1.807, 2.05) is 5.32 Å². The van der Waals surface area contributed by atoms with Crippen LogP contribution in [0.5, 0.6) is 0 Å². The first-order chi connectivity index (χ1) is 14.0. The Morgan fingerprint density at radius 1 is 1.07 bits per heavy atom. The minimum absolute atomic E-state index is 0.0378. The third-order valence-corrected chi connectivity index (χ3v) is 4.40. The van der Waals surface area contributed by atoms with Crippen molar-refractivity contribution in [3.8, 4) is 0 Å². The van der Waals surface area contributed by atoms with Gasteiger partial charge in [-0.15, -0.1) is 0 Å². The zero-order chi connectivity index (χ0) is 22.2. The van der Waals surface area contributed by atoms with Crippen molar-refractivity contribution in [2.45, 2.75) is 6.18 Å². The molecule has 4 amide bonds. The van der Waals surface area contributed by atoms with Crippen molar-refractivity contribution in [2.75, 3.05) is 4.90 Å². The van der Waals surface area contributed by atoms with Crippen LogP contribution < -0.4 is 10.2 Å². The number of halogens is 4. The molecule has 1 aliphatic rings. The summed E-state index contributed by atoms with van der Waals surface area (Å²) in [6, 6.07) is 5.91. The summed E-state index contributed by atoms with van der Waals surface area (Å²) in [5.74, 6) is -3.43. The summed E-state index contributed by atoms with van der Waals surface area (Å²) >= 11 is 5.90. The summed E-state index contributed by atoms with van der Waals surface area (Å²) in [5.41, 5.74) is -2.03. The average Bonchev–Trinajstić information content (AvgIpc) is 2.66. The number of hydrogen-bond donors (Lipinski definition) is 2. The molecule has 0 bridgehead atoms. The van der Waals surface area contributed by atoms with Crippen molar-refractivity contribution in [1.82, 2.24) is 5.32 Å². The molecule has 1 heterocycles. The summed E-state index contributed by atoms with van der Waals surface area (Å²) in [6.45, 7) is 0. The molecular formula is C19H10ClF3N2O5. The second-order valence-corrected chi connectivity index (χ2v) is 6.46. The lowest BCUT2D eigenvalue weighted by molar-refractivity contribution is -0.137. The van der Waals surface area contributed by atoms with Crippen molar-refractivity contribution < 1.29 is 37.5 Å². The van der Waals surface area contributed by atoms with E-state index in [1.54, 1.807) is 0 Å². The molecule has 0 unspecified atom stereocenters. The first-order valence-corrected chi connectivity index (χ1v) is 8.48. The van der Waals surface area contributed by atoms with Crippen molar-refractivity contribution in [3.05, 3.63) is 69.8 Å². The molecule has 0 atom stereocenters. The molecule has 30 heavy (non-hydrogen) atoms. The van der Waals surface area contributed by atoms with E-state index in [0.717, 1.165) is 12.1 Å². The number of amides is 4. The number of carboxylic acid groups (broad SMARTS) is 1. The van der Waals surface area contributed by atoms with E-state index in [-0.39, 0.29) is 16.1 Å². The van der Waals surface area contributed by atoms with Gasteiger partial charge in [0.2, 0.25) is 0 Å². The Hall–Kier alpha value is -3.66. The maximum absolute atomic E-state index is 13.0. The lowest BCUT2D eigenvalue weighted by Gasteiger charge is -2.27. The number of carbonyl (C=O) groups is 4. The number of carbonyl (C=O) groups excluding carboxylic acids is 3. The van der Waals surface area contributed by atoms with Gasteiger partial charge in [-0.3, -0.25) is 14.9 Å². The number of alkyl halides is 3. The Morgan fingerprint density at radius 2 is 1.70 bits per heavy atom. The topological polar surface area (TPSA) is 104 Å². The number of nitrogens with one attached hydrogen (secondary N) is 1. The van der Waals surface area contributed by atoms with Crippen molar-refractivity contribution in [3.63, 3.8) is 0 Å². The van der Waals surface area contributed by atoms with Crippen LogP contribution in [0.15, 0.2) is 48.0 Å². The van der Waals surface area contributed by atoms with E-state index in [1.165, 1.54) is 24.3 Å². The highest BCUT2D eigenvalue weighted by molar-refractivity contribution is 6.42. The summed E-state index contributed by atoms with van der Waals surface area (Å²) < 4.78 is 39.1. The van der Waals surface area contributed by atoms with E-state index in [0.29, 0.717) is 17.0 Å². The molecule has 2 N–H and O–H groups in total. The van der Waals surface area contributed by atoms with Crippen molar-refractivity contribution in [2.24, 2.45) is 0 Å². The third-order valence-electron chi connectivity index (χ3n) is 4.08. The Bertz CT molecular complexity index is 1110. The van der Waals surface area contributed by atoms with Gasteiger partial charge in [0, 0.05) is 0 Å². The lowest BCUT2D eigenvalue weighted by atomic mass is 10.0. The average molecular weight is 439 g/mol. The number of imide groups is 2. The maximum atomic E-state index is 13.0. The van der Waals surface area contributed by atoms with E-state index in [2.05, 4.69) is 0 Å². The number of barbiturate groups is 1. The number of benzene rings is 2. The summed E-state index contributed by atoms with van der Waals surface area (Å²) in [6.07, 6.45) is -3.68. The number of hydrogen-bond acceptors (Lipinski definition) is 4. The van der Waals surface area contributed by atoms with Gasteiger partial charge in [-0.1, -0.05) is 23.7 Å². The number of carboxylic acids is 1. The molecule has 0 saturated carbocycles. The lowest BCUT2D eigenvalue weighted by Crippen LogP contribution is -2.54. The van der Waals surface area contributed by atoms with Crippen LogP contribution in [0.1, 0.15) is 21.5 Å². The molecule has 0 spiro atoms. The summed E-state index contributed by atoms with van der Waals surface area (Å²) in [7, 11) is 0. The van der Waals surface area contributed by atoms with Gasteiger partial charge in [-0.2, -0.15) is 13.2 Å². The molecule has 154 valence electrons. The number of anilines is 1. The third kappa shape index (κ3) is 4.03. The van der Waals surface area contributed by atoms with Crippen molar-refractivity contribution >= 4 is 47.2 Å². The molecule has 1 fully saturated rings. The Balaban J connectivity index is 2.04. The molecule has 2 aromatic rings. The predicted octanol–water partition coefficient (Wildman–Crippen LogP) is 3.72.